The van der Waals surface area contributed by atoms with Crippen molar-refractivity contribution in [3.63, 3.8) is 0 Å². The molecule has 0 saturated heterocycles. The van der Waals surface area contributed by atoms with Gasteiger partial charge in [-0.1, -0.05) is 123 Å². The molecule has 8 aromatic rings. The Balaban J connectivity index is 1.03. The molecule has 0 N–H and O–H groups in total. The maximum Gasteiger partial charge on any atom is 0.252 e. The van der Waals surface area contributed by atoms with Crippen LogP contribution in [0.25, 0.3) is 50.2 Å². The number of benzene rings is 6. The third-order valence-corrected chi connectivity index (χ3v) is 13.7. The molecule has 0 fully saturated rings. The monoisotopic (exact) mass is 703 g/mol. The maximum absolute atomic E-state index is 2.64. The van der Waals surface area contributed by atoms with Crippen LogP contribution in [-0.4, -0.2) is 15.8 Å². The normalized spacial score (nSPS) is 18.0. The smallest absolute Gasteiger partial charge is 0.252 e. The van der Waals surface area contributed by atoms with Crippen LogP contribution in [0.1, 0.15) is 60.6 Å². The summed E-state index contributed by atoms with van der Waals surface area (Å²) < 4.78 is 5.25. The summed E-state index contributed by atoms with van der Waals surface area (Å²) in [5, 5.41) is 4.09. The summed E-state index contributed by atoms with van der Waals surface area (Å²) in [6, 6.07) is 46.2. The van der Waals surface area contributed by atoms with Gasteiger partial charge in [0, 0.05) is 61.3 Å². The van der Waals surface area contributed by atoms with E-state index in [0.717, 1.165) is 19.3 Å². The van der Waals surface area contributed by atoms with Gasteiger partial charge in [-0.2, -0.15) is 0 Å². The molecule has 13 rings (SSSR count). The third kappa shape index (κ3) is 3.73. The predicted molar refractivity (Wildman–Crippen MR) is 231 cm³/mol. The highest BCUT2D eigenvalue weighted by Gasteiger charge is 2.42. The van der Waals surface area contributed by atoms with Crippen LogP contribution in [-0.2, 0) is 11.8 Å². The van der Waals surface area contributed by atoms with Gasteiger partial charge in [-0.15, -0.1) is 0 Å². The molecular weight excluding hydrogens is 665 g/mol. The topological polar surface area (TPSA) is 13.1 Å². The molecule has 1 atom stereocenters. The van der Waals surface area contributed by atoms with Gasteiger partial charge in [0.2, 0.25) is 0 Å². The quantitative estimate of drug-likeness (QED) is 0.163. The van der Waals surface area contributed by atoms with Gasteiger partial charge in [0.1, 0.15) is 0 Å². The summed E-state index contributed by atoms with van der Waals surface area (Å²) in [7, 11) is 0. The van der Waals surface area contributed by atoms with Crippen molar-refractivity contribution >= 4 is 73.3 Å². The van der Waals surface area contributed by atoms with Crippen LogP contribution >= 0.6 is 0 Å². The molecule has 0 bridgehead atoms. The van der Waals surface area contributed by atoms with Crippen molar-refractivity contribution < 1.29 is 0 Å². The van der Waals surface area contributed by atoms with E-state index < -0.39 is 0 Å². The van der Waals surface area contributed by atoms with Crippen molar-refractivity contribution in [2.24, 2.45) is 0 Å². The third-order valence-electron chi connectivity index (χ3n) is 13.7. The van der Waals surface area contributed by atoms with Gasteiger partial charge in [0.15, 0.2) is 0 Å². The molecule has 4 heteroatoms. The van der Waals surface area contributed by atoms with E-state index in [-0.39, 0.29) is 18.0 Å². The zero-order valence-electron chi connectivity index (χ0n) is 31.1. The summed E-state index contributed by atoms with van der Waals surface area (Å²) in [6.45, 7) is 4.90. The van der Waals surface area contributed by atoms with Gasteiger partial charge in [0.05, 0.1) is 16.9 Å². The number of aromatic nitrogens is 2. The SMILES string of the molecule is CC1(C)c2ccccc2N(C2=CCC(c3cc4c5c(c3)-n3c6ccccc6c6cccc(c63)B5c3cccc5c6c(n-4c35)C=CCC6)C=C2)c2ccccc21. The van der Waals surface area contributed by atoms with E-state index in [0.29, 0.717) is 0 Å². The number of hydrogen-bond donors (Lipinski definition) is 0. The minimum atomic E-state index is -0.0723. The van der Waals surface area contributed by atoms with E-state index in [2.05, 4.69) is 180 Å². The molecular formula is C51H38BN3. The highest BCUT2D eigenvalue weighted by molar-refractivity contribution is 7.00. The largest absolute Gasteiger partial charge is 0.311 e. The Bertz CT molecular complexity index is 3080. The minimum Gasteiger partial charge on any atom is -0.311 e. The van der Waals surface area contributed by atoms with Crippen molar-refractivity contribution in [1.82, 2.24) is 9.13 Å². The van der Waals surface area contributed by atoms with Crippen LogP contribution in [0.3, 0.4) is 0 Å². The Kier molecular flexibility index (Phi) is 5.74. The lowest BCUT2D eigenvalue weighted by Crippen LogP contribution is -2.59. The van der Waals surface area contributed by atoms with Crippen LogP contribution in [0.15, 0.2) is 151 Å². The number of rotatable bonds is 2. The summed E-state index contributed by atoms with van der Waals surface area (Å²) in [6.07, 6.45) is 15.2. The van der Waals surface area contributed by atoms with Gasteiger partial charge >= 0.3 is 0 Å². The fraction of sp³-hybridized carbons (Fsp3) is 0.137. The number of anilines is 2. The van der Waals surface area contributed by atoms with Crippen molar-refractivity contribution in [3.8, 4) is 11.4 Å². The van der Waals surface area contributed by atoms with Gasteiger partial charge in [-0.3, -0.25) is 0 Å². The number of fused-ring (bicyclic) bond motifs is 12. The molecule has 2 aliphatic carbocycles. The lowest BCUT2D eigenvalue weighted by Gasteiger charge is -2.42. The number of nitrogens with zero attached hydrogens (tertiary/aromatic N) is 3. The van der Waals surface area contributed by atoms with Crippen LogP contribution in [0.2, 0.25) is 0 Å². The Morgan fingerprint density at radius 1 is 0.636 bits per heavy atom. The average molecular weight is 704 g/mol. The van der Waals surface area contributed by atoms with Crippen LogP contribution < -0.4 is 21.3 Å². The Morgan fingerprint density at radius 2 is 1.29 bits per heavy atom. The van der Waals surface area contributed by atoms with Crippen molar-refractivity contribution in [2.45, 2.75) is 44.4 Å². The standard InChI is InChI=1S/C51H38BN3/c1-51(2)38-17-5-9-23-44(38)53(45-24-10-6-18-39(45)51)33-27-25-31(26-28-33)32-29-46-48-47(30-32)55-43-22-8-4-14-35(43)37-16-12-20-41(50(37)55)52(48)40-19-11-15-36-34-13-3-7-21-42(34)54(46)49(36)40/h3,5-13,15-25,27-31H,4,14,26H2,1-2H3. The zero-order chi connectivity index (χ0) is 36.2. The molecule has 6 aromatic carbocycles. The van der Waals surface area contributed by atoms with Crippen LogP contribution in [0.5, 0.6) is 0 Å². The summed E-state index contributed by atoms with van der Waals surface area (Å²) >= 11 is 0. The Morgan fingerprint density at radius 3 is 2.04 bits per heavy atom. The number of aryl methyl sites for hydroxylation is 1. The summed E-state index contributed by atoms with van der Waals surface area (Å²) in [5.74, 6) is 0.250. The first-order chi connectivity index (χ1) is 27.1. The molecule has 55 heavy (non-hydrogen) atoms. The number of para-hydroxylation sites is 5. The molecule has 0 saturated carbocycles. The lowest BCUT2D eigenvalue weighted by atomic mass is 9.34. The molecule has 3 aliphatic heterocycles. The van der Waals surface area contributed by atoms with Crippen molar-refractivity contribution in [2.75, 3.05) is 4.90 Å². The second-order valence-corrected chi connectivity index (χ2v) is 16.7. The van der Waals surface area contributed by atoms with Crippen LogP contribution in [0.4, 0.5) is 11.4 Å². The first kappa shape index (κ1) is 30.1. The van der Waals surface area contributed by atoms with E-state index in [1.165, 1.54) is 105 Å². The first-order valence-corrected chi connectivity index (χ1v) is 20.0. The van der Waals surface area contributed by atoms with Crippen LogP contribution in [0, 0.1) is 0 Å². The average Bonchev–Trinajstić information content (AvgIpc) is 3.76. The Labute approximate surface area is 321 Å². The second-order valence-electron chi connectivity index (χ2n) is 16.7. The number of allylic oxidation sites excluding steroid dienone is 4. The molecule has 0 spiro atoms. The predicted octanol–water partition coefficient (Wildman–Crippen LogP) is 10.2. The highest BCUT2D eigenvalue weighted by atomic mass is 15.2. The van der Waals surface area contributed by atoms with Gasteiger partial charge in [-0.25, -0.2) is 0 Å². The zero-order valence-corrected chi connectivity index (χ0v) is 31.1. The first-order valence-electron chi connectivity index (χ1n) is 20.0. The Hall–Kier alpha value is -6.26. The fourth-order valence-corrected chi connectivity index (χ4v) is 11.3. The molecule has 0 radical (unpaired) electrons. The van der Waals surface area contributed by atoms with Gasteiger partial charge < -0.3 is 14.0 Å². The second kappa shape index (κ2) is 10.5. The minimum absolute atomic E-state index is 0.0723. The molecule has 1 unspecified atom stereocenters. The number of hydrogen-bond acceptors (Lipinski definition) is 1. The van der Waals surface area contributed by atoms with E-state index >= 15 is 0 Å². The van der Waals surface area contributed by atoms with E-state index in [9.17, 15) is 0 Å². The van der Waals surface area contributed by atoms with Gasteiger partial charge in [-0.05, 0) is 100 Å². The van der Waals surface area contributed by atoms with E-state index in [1.54, 1.807) is 0 Å². The van der Waals surface area contributed by atoms with Gasteiger partial charge in [0.25, 0.3) is 6.71 Å². The van der Waals surface area contributed by atoms with Crippen molar-refractivity contribution in [3.05, 3.63) is 179 Å². The fourth-order valence-electron chi connectivity index (χ4n) is 11.3. The highest BCUT2D eigenvalue weighted by Crippen LogP contribution is 2.51. The van der Waals surface area contributed by atoms with Crippen molar-refractivity contribution in [1.29, 1.82) is 0 Å². The maximum atomic E-state index is 2.64. The summed E-state index contributed by atoms with van der Waals surface area (Å²) in [4.78, 5) is 2.50. The molecule has 3 nitrogen and oxygen atoms in total. The molecule has 2 aromatic heterocycles. The van der Waals surface area contributed by atoms with E-state index in [1.807, 2.05) is 0 Å². The van der Waals surface area contributed by atoms with E-state index in [4.69, 9.17) is 0 Å². The molecule has 5 aliphatic rings. The molecule has 0 amide bonds. The molecule has 5 heterocycles. The lowest BCUT2D eigenvalue weighted by molar-refractivity contribution is 0.630. The molecule has 260 valence electrons. The summed E-state index contributed by atoms with van der Waals surface area (Å²) in [5.41, 5.74) is 21.7.